The van der Waals surface area contributed by atoms with E-state index >= 15 is 0 Å². The molecule has 0 bridgehead atoms. The Labute approximate surface area is 112 Å². The lowest BCUT2D eigenvalue weighted by molar-refractivity contribution is -0.133. The highest BCUT2D eigenvalue weighted by molar-refractivity contribution is 7.99. The van der Waals surface area contributed by atoms with Gasteiger partial charge in [0.2, 0.25) is 0 Å². The minimum absolute atomic E-state index is 0.111. The van der Waals surface area contributed by atoms with Crippen LogP contribution in [0, 0.1) is 0 Å². The summed E-state index contributed by atoms with van der Waals surface area (Å²) in [7, 11) is 0. The predicted molar refractivity (Wildman–Crippen MR) is 72.1 cm³/mol. The van der Waals surface area contributed by atoms with Gasteiger partial charge in [0.15, 0.2) is 0 Å². The first-order valence-electron chi connectivity index (χ1n) is 6.63. The normalized spacial score (nSPS) is 16.3. The minimum Gasteiger partial charge on any atom is -0.481 e. The largest absolute Gasteiger partial charge is 0.481 e. The third kappa shape index (κ3) is 3.28. The van der Waals surface area contributed by atoms with Crippen LogP contribution in [-0.4, -0.2) is 26.6 Å². The lowest BCUT2D eigenvalue weighted by atomic mass is 10.1. The van der Waals surface area contributed by atoms with Gasteiger partial charge in [-0.05, 0) is 25.3 Å². The van der Waals surface area contributed by atoms with E-state index in [0.717, 1.165) is 23.7 Å². The Balaban J connectivity index is 2.11. The van der Waals surface area contributed by atoms with Crippen LogP contribution >= 0.6 is 11.8 Å². The molecule has 0 aliphatic heterocycles. The summed E-state index contributed by atoms with van der Waals surface area (Å²) in [6.07, 6.45) is 6.07. The molecule has 0 spiro atoms. The molecule has 1 fully saturated rings. The zero-order chi connectivity index (χ0) is 13.0. The van der Waals surface area contributed by atoms with E-state index in [2.05, 4.69) is 18.1 Å². The Morgan fingerprint density at radius 3 is 2.89 bits per heavy atom. The van der Waals surface area contributed by atoms with Crippen molar-refractivity contribution >= 4 is 17.7 Å². The zero-order valence-corrected chi connectivity index (χ0v) is 11.6. The molecule has 0 radical (unpaired) electrons. The van der Waals surface area contributed by atoms with Gasteiger partial charge in [0.1, 0.15) is 0 Å². The molecule has 1 N–H and O–H groups in total. The number of carboxylic acids is 1. The lowest BCUT2D eigenvalue weighted by Crippen LogP contribution is -2.04. The molecule has 1 heterocycles. The van der Waals surface area contributed by atoms with E-state index in [1.54, 1.807) is 0 Å². The van der Waals surface area contributed by atoms with E-state index in [1.165, 1.54) is 37.4 Å². The van der Waals surface area contributed by atoms with Crippen LogP contribution in [0.4, 0.5) is 0 Å². The highest BCUT2D eigenvalue weighted by Crippen LogP contribution is 2.35. The topological polar surface area (TPSA) is 55.1 Å². The Morgan fingerprint density at radius 1 is 1.56 bits per heavy atom. The van der Waals surface area contributed by atoms with Crippen molar-refractivity contribution in [3.8, 4) is 0 Å². The zero-order valence-electron chi connectivity index (χ0n) is 10.8. The second kappa shape index (κ2) is 6.27. The number of hydrogen-bond acceptors (Lipinski definition) is 3. The lowest BCUT2D eigenvalue weighted by Gasteiger charge is -2.04. The second-order valence-electron chi connectivity index (χ2n) is 4.79. The van der Waals surface area contributed by atoms with Crippen LogP contribution < -0.4 is 0 Å². The predicted octanol–water partition coefficient (Wildman–Crippen LogP) is 3.13. The van der Waals surface area contributed by atoms with Crippen LogP contribution in [0.25, 0.3) is 0 Å². The number of aromatic nitrogens is 2. The third-order valence-corrected chi connectivity index (χ3v) is 4.33. The summed E-state index contributed by atoms with van der Waals surface area (Å²) < 4.78 is 1.97. The van der Waals surface area contributed by atoms with Crippen LogP contribution in [0.2, 0.25) is 0 Å². The maximum Gasteiger partial charge on any atom is 0.313 e. The Hall–Kier alpha value is -0.970. The number of hydrogen-bond donors (Lipinski definition) is 1. The molecular formula is C13H20N2O2S. The molecular weight excluding hydrogens is 248 g/mol. The third-order valence-electron chi connectivity index (χ3n) is 3.31. The quantitative estimate of drug-likeness (QED) is 0.805. The summed E-state index contributed by atoms with van der Waals surface area (Å²) in [5, 5.41) is 14.4. The first-order chi connectivity index (χ1) is 8.70. The van der Waals surface area contributed by atoms with Gasteiger partial charge < -0.3 is 5.11 Å². The molecule has 1 aliphatic carbocycles. The second-order valence-corrected chi connectivity index (χ2v) is 5.79. The average Bonchev–Trinajstić information content (AvgIpc) is 2.95. The molecule has 1 saturated carbocycles. The summed E-state index contributed by atoms with van der Waals surface area (Å²) in [6, 6.07) is 2.10. The summed E-state index contributed by atoms with van der Waals surface area (Å²) in [5.41, 5.74) is 1.16. The van der Waals surface area contributed by atoms with Gasteiger partial charge in [0, 0.05) is 12.5 Å². The van der Waals surface area contributed by atoms with E-state index in [4.69, 9.17) is 5.11 Å². The molecule has 4 nitrogen and oxygen atoms in total. The number of aliphatic carboxylic acids is 1. The smallest absolute Gasteiger partial charge is 0.313 e. The molecule has 18 heavy (non-hydrogen) atoms. The fourth-order valence-electron chi connectivity index (χ4n) is 2.46. The summed E-state index contributed by atoms with van der Waals surface area (Å²) in [6.45, 7) is 2.98. The Kier molecular flexibility index (Phi) is 4.69. The van der Waals surface area contributed by atoms with Crippen molar-refractivity contribution < 1.29 is 9.90 Å². The average molecular weight is 268 g/mol. The maximum atomic E-state index is 10.7. The van der Waals surface area contributed by atoms with Crippen molar-refractivity contribution in [1.29, 1.82) is 0 Å². The standard InChI is InChI=1S/C13H20N2O2S/c1-2-7-15-12(18-9-13(16)17)8-11(14-15)10-5-3-4-6-10/h8,10H,2-7,9H2,1H3,(H,16,17). The van der Waals surface area contributed by atoms with Gasteiger partial charge in [0.05, 0.1) is 16.5 Å². The Bertz CT molecular complexity index is 411. The van der Waals surface area contributed by atoms with E-state index in [1.807, 2.05) is 4.68 Å². The molecule has 1 aliphatic rings. The highest BCUT2D eigenvalue weighted by Gasteiger charge is 2.21. The van der Waals surface area contributed by atoms with E-state index < -0.39 is 5.97 Å². The molecule has 1 aromatic rings. The first kappa shape index (κ1) is 13.5. The number of nitrogens with zero attached hydrogens (tertiary/aromatic N) is 2. The highest BCUT2D eigenvalue weighted by atomic mass is 32.2. The van der Waals surface area contributed by atoms with Gasteiger partial charge in [-0.15, -0.1) is 0 Å². The van der Waals surface area contributed by atoms with E-state index in [0.29, 0.717) is 5.92 Å². The van der Waals surface area contributed by atoms with Gasteiger partial charge in [-0.25, -0.2) is 0 Å². The molecule has 100 valence electrons. The van der Waals surface area contributed by atoms with Crippen molar-refractivity contribution in [3.63, 3.8) is 0 Å². The Morgan fingerprint density at radius 2 is 2.28 bits per heavy atom. The van der Waals surface area contributed by atoms with Gasteiger partial charge >= 0.3 is 5.97 Å². The van der Waals surface area contributed by atoms with Crippen molar-refractivity contribution in [2.45, 2.75) is 56.5 Å². The molecule has 0 saturated heterocycles. The molecule has 0 amide bonds. The fourth-order valence-corrected chi connectivity index (χ4v) is 3.22. The number of carbonyl (C=O) groups is 1. The number of aryl methyl sites for hydroxylation is 1. The van der Waals surface area contributed by atoms with Gasteiger partial charge in [-0.1, -0.05) is 31.5 Å². The van der Waals surface area contributed by atoms with Crippen LogP contribution in [0.1, 0.15) is 50.6 Å². The van der Waals surface area contributed by atoms with Crippen molar-refractivity contribution in [2.75, 3.05) is 5.75 Å². The summed E-state index contributed by atoms with van der Waals surface area (Å²) >= 11 is 1.38. The maximum absolute atomic E-state index is 10.7. The number of carboxylic acid groups (broad SMARTS) is 1. The first-order valence-corrected chi connectivity index (χ1v) is 7.61. The van der Waals surface area contributed by atoms with Crippen molar-refractivity contribution in [2.24, 2.45) is 0 Å². The van der Waals surface area contributed by atoms with E-state index in [-0.39, 0.29) is 5.75 Å². The summed E-state index contributed by atoms with van der Waals surface area (Å²) in [5.74, 6) is -0.0709. The molecule has 2 rings (SSSR count). The fraction of sp³-hybridized carbons (Fsp3) is 0.692. The van der Waals surface area contributed by atoms with Crippen LogP contribution in [0.5, 0.6) is 0 Å². The van der Waals surface area contributed by atoms with Crippen LogP contribution in [-0.2, 0) is 11.3 Å². The van der Waals surface area contributed by atoms with Gasteiger partial charge in [0.25, 0.3) is 0 Å². The minimum atomic E-state index is -0.772. The van der Waals surface area contributed by atoms with Crippen LogP contribution in [0.3, 0.4) is 0 Å². The van der Waals surface area contributed by atoms with Crippen molar-refractivity contribution in [1.82, 2.24) is 9.78 Å². The number of thioether (sulfide) groups is 1. The number of rotatable bonds is 6. The van der Waals surface area contributed by atoms with Crippen LogP contribution in [0.15, 0.2) is 11.1 Å². The SMILES string of the molecule is CCCn1nc(C2CCCC2)cc1SCC(=O)O. The van der Waals surface area contributed by atoms with Gasteiger partial charge in [-0.3, -0.25) is 9.48 Å². The molecule has 1 aromatic heterocycles. The molecule has 0 aromatic carbocycles. The van der Waals surface area contributed by atoms with Crippen molar-refractivity contribution in [3.05, 3.63) is 11.8 Å². The van der Waals surface area contributed by atoms with Gasteiger partial charge in [-0.2, -0.15) is 5.10 Å². The molecule has 5 heteroatoms. The molecule has 0 atom stereocenters. The van der Waals surface area contributed by atoms with E-state index in [9.17, 15) is 4.79 Å². The monoisotopic (exact) mass is 268 g/mol. The summed E-state index contributed by atoms with van der Waals surface area (Å²) in [4.78, 5) is 10.7. The molecule has 0 unspecified atom stereocenters.